The molecule has 1 N–H and O–H groups in total. The Morgan fingerprint density at radius 1 is 1.23 bits per heavy atom. The average Bonchev–Trinajstić information content (AvgIpc) is 2.55. The van der Waals surface area contributed by atoms with E-state index in [1.807, 2.05) is 0 Å². The lowest BCUT2D eigenvalue weighted by atomic mass is 9.90. The summed E-state index contributed by atoms with van der Waals surface area (Å²) in [6, 6.07) is 0.483. The van der Waals surface area contributed by atoms with Crippen molar-refractivity contribution in [2.45, 2.75) is 38.6 Å². The lowest BCUT2D eigenvalue weighted by Crippen LogP contribution is -2.49. The molecule has 3 fully saturated rings. The predicted octanol–water partition coefficient (Wildman–Crippen LogP) is 0.945. The molecule has 0 spiro atoms. The summed E-state index contributed by atoms with van der Waals surface area (Å²) in [5.41, 5.74) is 0. The highest BCUT2D eigenvalue weighted by Crippen LogP contribution is 2.24. The number of carbonyl (C=O) groups excluding carboxylic acids is 1. The third-order valence-corrected chi connectivity index (χ3v) is 5.42. The Labute approximate surface area is 134 Å². The first kappa shape index (κ1) is 16.2. The fraction of sp³-hybridized carbons (Fsp3) is 0.941. The van der Waals surface area contributed by atoms with Crippen LogP contribution >= 0.6 is 0 Å². The number of likely N-dealkylation sites (tertiary alicyclic amines) is 1. The second-order valence-electron chi connectivity index (χ2n) is 7.28. The molecule has 0 radical (unpaired) electrons. The van der Waals surface area contributed by atoms with E-state index < -0.39 is 0 Å². The number of carbonyl (C=O) groups is 1. The maximum absolute atomic E-state index is 12.8. The van der Waals surface area contributed by atoms with Crippen molar-refractivity contribution >= 4 is 5.91 Å². The Morgan fingerprint density at radius 2 is 2.05 bits per heavy atom. The van der Waals surface area contributed by atoms with Crippen LogP contribution in [0.3, 0.4) is 0 Å². The largest absolute Gasteiger partial charge is 0.379 e. The molecular weight excluding hydrogens is 278 g/mol. The minimum atomic E-state index is 0.249. The van der Waals surface area contributed by atoms with E-state index in [0.717, 1.165) is 65.3 Å². The van der Waals surface area contributed by atoms with Crippen LogP contribution < -0.4 is 5.32 Å². The van der Waals surface area contributed by atoms with E-state index in [0.29, 0.717) is 17.9 Å². The van der Waals surface area contributed by atoms with Gasteiger partial charge in [0.05, 0.1) is 13.2 Å². The summed E-state index contributed by atoms with van der Waals surface area (Å²) in [6.45, 7) is 10.1. The van der Waals surface area contributed by atoms with E-state index in [-0.39, 0.29) is 5.92 Å². The van der Waals surface area contributed by atoms with Gasteiger partial charge in [0.1, 0.15) is 0 Å². The monoisotopic (exact) mass is 309 g/mol. The second kappa shape index (κ2) is 7.75. The van der Waals surface area contributed by atoms with Crippen molar-refractivity contribution in [1.82, 2.24) is 15.1 Å². The molecule has 5 heteroatoms. The van der Waals surface area contributed by atoms with Gasteiger partial charge in [0.15, 0.2) is 0 Å². The summed E-state index contributed by atoms with van der Waals surface area (Å²) >= 11 is 0. The van der Waals surface area contributed by atoms with Gasteiger partial charge in [0, 0.05) is 44.7 Å². The van der Waals surface area contributed by atoms with E-state index >= 15 is 0 Å². The molecular formula is C17H31N3O2. The Hall–Kier alpha value is -0.650. The van der Waals surface area contributed by atoms with E-state index in [2.05, 4.69) is 22.0 Å². The molecule has 5 nitrogen and oxygen atoms in total. The van der Waals surface area contributed by atoms with Crippen molar-refractivity contribution in [1.29, 1.82) is 0 Å². The van der Waals surface area contributed by atoms with Crippen LogP contribution in [-0.4, -0.2) is 74.2 Å². The molecule has 0 aliphatic carbocycles. The smallest absolute Gasteiger partial charge is 0.225 e. The van der Waals surface area contributed by atoms with Gasteiger partial charge in [-0.3, -0.25) is 9.69 Å². The Morgan fingerprint density at radius 3 is 2.82 bits per heavy atom. The minimum absolute atomic E-state index is 0.249. The first-order chi connectivity index (χ1) is 10.7. The minimum Gasteiger partial charge on any atom is -0.379 e. The molecule has 0 saturated carbocycles. The van der Waals surface area contributed by atoms with Crippen LogP contribution in [0, 0.1) is 11.8 Å². The summed E-state index contributed by atoms with van der Waals surface area (Å²) in [5.74, 6) is 1.31. The van der Waals surface area contributed by atoms with Crippen molar-refractivity contribution in [2.24, 2.45) is 11.8 Å². The number of nitrogens with one attached hydrogen (secondary N) is 1. The second-order valence-corrected chi connectivity index (χ2v) is 7.28. The van der Waals surface area contributed by atoms with Crippen molar-refractivity contribution in [3.05, 3.63) is 0 Å². The number of hydrogen-bond donors (Lipinski definition) is 1. The highest BCUT2D eigenvalue weighted by Gasteiger charge is 2.32. The Kier molecular flexibility index (Phi) is 5.71. The molecule has 3 atom stereocenters. The molecule has 1 unspecified atom stereocenters. The van der Waals surface area contributed by atoms with Gasteiger partial charge in [0.25, 0.3) is 0 Å². The van der Waals surface area contributed by atoms with Crippen molar-refractivity contribution in [3.8, 4) is 0 Å². The topological polar surface area (TPSA) is 44.8 Å². The van der Waals surface area contributed by atoms with Crippen LogP contribution in [-0.2, 0) is 9.53 Å². The number of nitrogens with zero attached hydrogens (tertiary/aromatic N) is 2. The number of ether oxygens (including phenoxy) is 1. The highest BCUT2D eigenvalue weighted by molar-refractivity contribution is 5.79. The fourth-order valence-corrected chi connectivity index (χ4v) is 4.18. The lowest BCUT2D eigenvalue weighted by molar-refractivity contribution is -0.138. The number of amides is 1. The molecule has 3 aliphatic heterocycles. The van der Waals surface area contributed by atoms with Crippen LogP contribution in [0.1, 0.15) is 32.6 Å². The third kappa shape index (κ3) is 4.21. The molecule has 3 saturated heterocycles. The van der Waals surface area contributed by atoms with Gasteiger partial charge in [-0.15, -0.1) is 0 Å². The SMILES string of the molecule is C[C@H]1C[C@@H](C(=O)N2CCCC(CN3CCOCC3)C2)CCN1. The molecule has 3 aliphatic rings. The van der Waals surface area contributed by atoms with Crippen molar-refractivity contribution < 1.29 is 9.53 Å². The van der Waals surface area contributed by atoms with E-state index in [1.54, 1.807) is 0 Å². The van der Waals surface area contributed by atoms with Crippen LogP contribution in [0.2, 0.25) is 0 Å². The Balaban J connectivity index is 1.50. The molecule has 0 aromatic heterocycles. The summed E-state index contributed by atoms with van der Waals surface area (Å²) < 4.78 is 5.43. The number of rotatable bonds is 3. The summed E-state index contributed by atoms with van der Waals surface area (Å²) in [4.78, 5) is 17.5. The highest BCUT2D eigenvalue weighted by atomic mass is 16.5. The maximum atomic E-state index is 12.8. The van der Waals surface area contributed by atoms with Crippen LogP contribution in [0.5, 0.6) is 0 Å². The standard InChI is InChI=1S/C17H31N3O2/c1-14-11-16(4-5-18-14)17(21)20-6-2-3-15(13-20)12-19-7-9-22-10-8-19/h14-16,18H,2-13H2,1H3/t14-,15?,16-/m0/s1. The normalized spacial score (nSPS) is 34.6. The molecule has 22 heavy (non-hydrogen) atoms. The van der Waals surface area contributed by atoms with Crippen molar-refractivity contribution in [3.63, 3.8) is 0 Å². The zero-order valence-electron chi connectivity index (χ0n) is 13.9. The Bertz CT molecular complexity index is 371. The van der Waals surface area contributed by atoms with Gasteiger partial charge >= 0.3 is 0 Å². The number of hydrogen-bond acceptors (Lipinski definition) is 4. The van der Waals surface area contributed by atoms with Gasteiger partial charge in [-0.05, 0) is 45.1 Å². The molecule has 1 amide bonds. The average molecular weight is 309 g/mol. The van der Waals surface area contributed by atoms with Gasteiger partial charge in [0.2, 0.25) is 5.91 Å². The first-order valence-electron chi connectivity index (χ1n) is 9.04. The quantitative estimate of drug-likeness (QED) is 0.843. The maximum Gasteiger partial charge on any atom is 0.225 e. The zero-order chi connectivity index (χ0) is 15.4. The molecule has 3 heterocycles. The third-order valence-electron chi connectivity index (χ3n) is 5.42. The number of piperidine rings is 2. The molecule has 0 aromatic carbocycles. The zero-order valence-corrected chi connectivity index (χ0v) is 13.9. The van der Waals surface area contributed by atoms with E-state index in [4.69, 9.17) is 4.74 Å². The van der Waals surface area contributed by atoms with Gasteiger partial charge in [-0.25, -0.2) is 0 Å². The molecule has 3 rings (SSSR count). The summed E-state index contributed by atoms with van der Waals surface area (Å²) in [7, 11) is 0. The van der Waals surface area contributed by atoms with Crippen LogP contribution in [0.25, 0.3) is 0 Å². The van der Waals surface area contributed by atoms with E-state index in [1.165, 1.54) is 12.8 Å². The van der Waals surface area contributed by atoms with Gasteiger partial charge in [-0.1, -0.05) is 0 Å². The molecule has 0 bridgehead atoms. The summed E-state index contributed by atoms with van der Waals surface area (Å²) in [6.07, 6.45) is 4.45. The number of morpholine rings is 1. The van der Waals surface area contributed by atoms with Gasteiger partial charge < -0.3 is 15.0 Å². The summed E-state index contributed by atoms with van der Waals surface area (Å²) in [5, 5.41) is 3.44. The first-order valence-corrected chi connectivity index (χ1v) is 9.04. The van der Waals surface area contributed by atoms with E-state index in [9.17, 15) is 4.79 Å². The van der Waals surface area contributed by atoms with Crippen molar-refractivity contribution in [2.75, 3.05) is 52.5 Å². The molecule has 0 aromatic rings. The predicted molar refractivity (Wildman–Crippen MR) is 86.8 cm³/mol. The van der Waals surface area contributed by atoms with Crippen LogP contribution in [0.15, 0.2) is 0 Å². The van der Waals surface area contributed by atoms with Crippen LogP contribution in [0.4, 0.5) is 0 Å². The van der Waals surface area contributed by atoms with Gasteiger partial charge in [-0.2, -0.15) is 0 Å². The molecule has 126 valence electrons. The fourth-order valence-electron chi connectivity index (χ4n) is 4.18. The lowest BCUT2D eigenvalue weighted by Gasteiger charge is -2.39.